The van der Waals surface area contributed by atoms with Gasteiger partial charge in [-0.15, -0.1) is 0 Å². The van der Waals surface area contributed by atoms with Crippen LogP contribution in [-0.2, 0) is 13.0 Å². The van der Waals surface area contributed by atoms with Gasteiger partial charge in [-0.25, -0.2) is 0 Å². The van der Waals surface area contributed by atoms with E-state index >= 15 is 0 Å². The fourth-order valence-corrected chi connectivity index (χ4v) is 2.06. The summed E-state index contributed by atoms with van der Waals surface area (Å²) in [6.45, 7) is 2.57. The van der Waals surface area contributed by atoms with Crippen molar-refractivity contribution < 1.29 is 4.74 Å². The van der Waals surface area contributed by atoms with Crippen molar-refractivity contribution in [3.63, 3.8) is 0 Å². The molecule has 0 saturated heterocycles. The van der Waals surface area contributed by atoms with Gasteiger partial charge >= 0.3 is 0 Å². The van der Waals surface area contributed by atoms with Crippen LogP contribution in [0.15, 0.2) is 66.2 Å². The summed E-state index contributed by atoms with van der Waals surface area (Å²) in [6, 6.07) is 20.4. The number of hydrogen-bond acceptors (Lipinski definition) is 2. The van der Waals surface area contributed by atoms with Gasteiger partial charge in [-0.2, -0.15) is 5.26 Å². The van der Waals surface area contributed by atoms with E-state index in [2.05, 4.69) is 30.3 Å². The highest BCUT2D eigenvalue weighted by molar-refractivity contribution is 5.29. The van der Waals surface area contributed by atoms with Crippen LogP contribution in [0.1, 0.15) is 24.5 Å². The monoisotopic (exact) mass is 277 g/mol. The van der Waals surface area contributed by atoms with Crippen molar-refractivity contribution in [1.29, 1.82) is 5.26 Å². The van der Waals surface area contributed by atoms with Crippen molar-refractivity contribution in [3.8, 4) is 11.8 Å². The number of ether oxygens (including phenoxy) is 1. The zero-order valence-corrected chi connectivity index (χ0v) is 12.3. The van der Waals surface area contributed by atoms with Crippen molar-refractivity contribution in [3.05, 3.63) is 77.4 Å². The van der Waals surface area contributed by atoms with Crippen LogP contribution in [0.2, 0.25) is 0 Å². The summed E-state index contributed by atoms with van der Waals surface area (Å²) in [5, 5.41) is 8.61. The average molecular weight is 277 g/mol. The van der Waals surface area contributed by atoms with E-state index in [1.54, 1.807) is 6.08 Å². The van der Waals surface area contributed by atoms with Crippen LogP contribution in [0, 0.1) is 11.3 Å². The molecule has 0 radical (unpaired) electrons. The molecule has 0 atom stereocenters. The van der Waals surface area contributed by atoms with Crippen molar-refractivity contribution >= 4 is 0 Å². The van der Waals surface area contributed by atoms with E-state index in [0.717, 1.165) is 29.7 Å². The highest BCUT2D eigenvalue weighted by Crippen LogP contribution is 2.17. The summed E-state index contributed by atoms with van der Waals surface area (Å²) in [6.07, 6.45) is 3.43. The van der Waals surface area contributed by atoms with Crippen LogP contribution in [0.25, 0.3) is 0 Å². The maximum Gasteiger partial charge on any atom is 0.120 e. The molecular formula is C19H19NO. The first-order chi connectivity index (χ1) is 10.3. The summed E-state index contributed by atoms with van der Waals surface area (Å²) < 4.78 is 5.82. The summed E-state index contributed by atoms with van der Waals surface area (Å²) in [7, 11) is 0. The fourth-order valence-electron chi connectivity index (χ4n) is 2.06. The number of hydrogen-bond donors (Lipinski definition) is 0. The zero-order valence-electron chi connectivity index (χ0n) is 12.3. The maximum atomic E-state index is 8.61. The molecule has 0 aliphatic carbocycles. The molecule has 0 aliphatic heterocycles. The number of rotatable bonds is 6. The first-order valence-corrected chi connectivity index (χ1v) is 7.09. The van der Waals surface area contributed by atoms with Gasteiger partial charge in [0.1, 0.15) is 12.4 Å². The van der Waals surface area contributed by atoms with Crippen LogP contribution in [0.5, 0.6) is 5.75 Å². The van der Waals surface area contributed by atoms with E-state index in [1.165, 1.54) is 5.56 Å². The largest absolute Gasteiger partial charge is 0.489 e. The van der Waals surface area contributed by atoms with E-state index in [1.807, 2.05) is 37.3 Å². The maximum absolute atomic E-state index is 8.61. The lowest BCUT2D eigenvalue weighted by molar-refractivity contribution is 0.306. The van der Waals surface area contributed by atoms with E-state index in [9.17, 15) is 0 Å². The van der Waals surface area contributed by atoms with Gasteiger partial charge < -0.3 is 4.74 Å². The van der Waals surface area contributed by atoms with Gasteiger partial charge in [-0.05, 0) is 43.0 Å². The van der Waals surface area contributed by atoms with Gasteiger partial charge in [-0.1, -0.05) is 48.0 Å². The Kier molecular flexibility index (Phi) is 5.60. The van der Waals surface area contributed by atoms with Gasteiger partial charge in [-0.3, -0.25) is 0 Å². The smallest absolute Gasteiger partial charge is 0.120 e. The molecule has 0 N–H and O–H groups in total. The third kappa shape index (κ3) is 5.16. The van der Waals surface area contributed by atoms with E-state index in [0.29, 0.717) is 6.61 Å². The topological polar surface area (TPSA) is 33.0 Å². The second kappa shape index (κ2) is 7.91. The van der Waals surface area contributed by atoms with Crippen molar-refractivity contribution in [2.24, 2.45) is 0 Å². The van der Waals surface area contributed by atoms with E-state index in [-0.39, 0.29) is 0 Å². The molecule has 0 heterocycles. The summed E-state index contributed by atoms with van der Waals surface area (Å²) >= 11 is 0. The molecule has 2 heteroatoms. The molecule has 0 amide bonds. The first kappa shape index (κ1) is 14.9. The summed E-state index contributed by atoms with van der Waals surface area (Å²) in [5.74, 6) is 0.887. The second-order valence-corrected chi connectivity index (χ2v) is 5.04. The highest BCUT2D eigenvalue weighted by Gasteiger charge is 1.99. The normalized spacial score (nSPS) is 11.0. The van der Waals surface area contributed by atoms with Gasteiger partial charge in [0.05, 0.1) is 6.07 Å². The molecule has 21 heavy (non-hydrogen) atoms. The predicted molar refractivity (Wildman–Crippen MR) is 84.9 cm³/mol. The average Bonchev–Trinajstić information content (AvgIpc) is 2.53. The van der Waals surface area contributed by atoms with E-state index < -0.39 is 0 Å². The molecular weight excluding hydrogens is 258 g/mol. The highest BCUT2D eigenvalue weighted by atomic mass is 16.5. The third-order valence-electron chi connectivity index (χ3n) is 3.27. The van der Waals surface area contributed by atoms with Crippen LogP contribution < -0.4 is 4.74 Å². The van der Waals surface area contributed by atoms with Crippen LogP contribution >= 0.6 is 0 Å². The molecule has 2 nitrogen and oxygen atoms in total. The molecule has 0 unspecified atom stereocenters. The molecule has 0 fully saturated rings. The minimum Gasteiger partial charge on any atom is -0.489 e. The van der Waals surface area contributed by atoms with Gasteiger partial charge in [0.2, 0.25) is 0 Å². The van der Waals surface area contributed by atoms with Crippen LogP contribution in [0.3, 0.4) is 0 Å². The predicted octanol–water partition coefficient (Wildman–Crippen LogP) is 4.67. The number of nitriles is 1. The Morgan fingerprint density at radius 3 is 2.62 bits per heavy atom. The summed E-state index contributed by atoms with van der Waals surface area (Å²) in [4.78, 5) is 0. The van der Waals surface area contributed by atoms with E-state index in [4.69, 9.17) is 10.00 Å². The Labute approximate surface area is 126 Å². The zero-order chi connectivity index (χ0) is 14.9. The Morgan fingerprint density at radius 1 is 1.10 bits per heavy atom. The van der Waals surface area contributed by atoms with Gasteiger partial charge in [0, 0.05) is 6.08 Å². The number of aryl methyl sites for hydroxylation is 1. The molecule has 0 aliphatic rings. The summed E-state index contributed by atoms with van der Waals surface area (Å²) in [5.41, 5.74) is 3.50. The fraction of sp³-hybridized carbons (Fsp3) is 0.211. The quantitative estimate of drug-likeness (QED) is 0.719. The van der Waals surface area contributed by atoms with Gasteiger partial charge in [0.25, 0.3) is 0 Å². The molecule has 0 aromatic heterocycles. The molecule has 2 aromatic carbocycles. The number of allylic oxidation sites excluding steroid dienone is 2. The van der Waals surface area contributed by atoms with Crippen molar-refractivity contribution in [1.82, 2.24) is 0 Å². The minimum atomic E-state index is 0.581. The number of nitrogens with zero attached hydrogens (tertiary/aromatic N) is 1. The molecule has 0 saturated carbocycles. The van der Waals surface area contributed by atoms with Crippen LogP contribution in [-0.4, -0.2) is 0 Å². The standard InChI is InChI=1S/C19H19NO/c1-16(12-13-20)10-11-17-8-5-9-19(14-17)21-15-18-6-3-2-4-7-18/h2-9,12,14H,10-11,15H2,1H3/b16-12+. The molecule has 0 bridgehead atoms. The lowest BCUT2D eigenvalue weighted by Gasteiger charge is -2.08. The lowest BCUT2D eigenvalue weighted by atomic mass is 10.1. The van der Waals surface area contributed by atoms with Crippen molar-refractivity contribution in [2.75, 3.05) is 0 Å². The Morgan fingerprint density at radius 2 is 1.86 bits per heavy atom. The molecule has 0 spiro atoms. The molecule has 106 valence electrons. The molecule has 2 rings (SSSR count). The Hall–Kier alpha value is -2.53. The lowest BCUT2D eigenvalue weighted by Crippen LogP contribution is -1.96. The third-order valence-corrected chi connectivity index (χ3v) is 3.27. The Bertz CT molecular complexity index is 638. The van der Waals surface area contributed by atoms with Gasteiger partial charge in [0.15, 0.2) is 0 Å². The van der Waals surface area contributed by atoms with Crippen LogP contribution in [0.4, 0.5) is 0 Å². The first-order valence-electron chi connectivity index (χ1n) is 7.09. The molecule has 2 aromatic rings. The SMILES string of the molecule is C/C(=C\C#N)CCc1cccc(OCc2ccccc2)c1. The number of benzene rings is 2. The van der Waals surface area contributed by atoms with Crippen molar-refractivity contribution in [2.45, 2.75) is 26.4 Å². The second-order valence-electron chi connectivity index (χ2n) is 5.04. The minimum absolute atomic E-state index is 0.581. The Balaban J connectivity index is 1.92.